The van der Waals surface area contributed by atoms with E-state index < -0.39 is 0 Å². The summed E-state index contributed by atoms with van der Waals surface area (Å²) in [5.41, 5.74) is 1.46. The standard InChI is InChI=1S/C21H27N3OS/c1-17-22-14-19(26-17)15-24-13-11-21(24)10-5-12-23(16-21)20(25)9-8-18-6-3-2-4-7-18/h2-4,6-7,14H,5,8-13,15-16H2,1H3. The molecule has 0 bridgehead atoms. The van der Waals surface area contributed by atoms with E-state index in [0.29, 0.717) is 12.3 Å². The summed E-state index contributed by atoms with van der Waals surface area (Å²) in [7, 11) is 0. The molecule has 2 fully saturated rings. The topological polar surface area (TPSA) is 36.4 Å². The van der Waals surface area contributed by atoms with Crippen LogP contribution in [0.5, 0.6) is 0 Å². The van der Waals surface area contributed by atoms with Crippen LogP contribution in [0.1, 0.15) is 41.1 Å². The van der Waals surface area contributed by atoms with Crippen molar-refractivity contribution in [3.8, 4) is 0 Å². The second kappa shape index (κ2) is 7.49. The van der Waals surface area contributed by atoms with Gasteiger partial charge in [-0.2, -0.15) is 0 Å². The van der Waals surface area contributed by atoms with E-state index in [-0.39, 0.29) is 5.54 Å². The second-order valence-corrected chi connectivity index (χ2v) is 8.97. The Labute approximate surface area is 159 Å². The molecule has 1 aromatic carbocycles. The summed E-state index contributed by atoms with van der Waals surface area (Å²) >= 11 is 1.79. The van der Waals surface area contributed by atoms with Gasteiger partial charge in [-0.1, -0.05) is 30.3 Å². The zero-order valence-electron chi connectivity index (χ0n) is 15.5. The first-order valence-electron chi connectivity index (χ1n) is 9.63. The van der Waals surface area contributed by atoms with Crippen molar-refractivity contribution in [2.24, 2.45) is 0 Å². The van der Waals surface area contributed by atoms with Crippen LogP contribution < -0.4 is 0 Å². The van der Waals surface area contributed by atoms with E-state index in [4.69, 9.17) is 0 Å². The normalized spacial score (nSPS) is 23.2. The van der Waals surface area contributed by atoms with Gasteiger partial charge in [-0.25, -0.2) is 4.98 Å². The number of piperidine rings is 1. The number of aryl methyl sites for hydroxylation is 2. The Morgan fingerprint density at radius 2 is 2.08 bits per heavy atom. The quantitative estimate of drug-likeness (QED) is 0.807. The van der Waals surface area contributed by atoms with E-state index in [1.54, 1.807) is 11.3 Å². The van der Waals surface area contributed by atoms with E-state index >= 15 is 0 Å². The molecule has 138 valence electrons. The Bertz CT molecular complexity index is 760. The van der Waals surface area contributed by atoms with E-state index in [0.717, 1.165) is 44.0 Å². The summed E-state index contributed by atoms with van der Waals surface area (Å²) in [6.45, 7) is 6.01. The van der Waals surface area contributed by atoms with Crippen molar-refractivity contribution >= 4 is 17.2 Å². The lowest BCUT2D eigenvalue weighted by atomic mass is 9.77. The number of nitrogens with zero attached hydrogens (tertiary/aromatic N) is 3. The van der Waals surface area contributed by atoms with Gasteiger partial charge in [0, 0.05) is 49.2 Å². The lowest BCUT2D eigenvalue weighted by Crippen LogP contribution is -2.66. The first-order chi connectivity index (χ1) is 12.6. The maximum Gasteiger partial charge on any atom is 0.222 e. The minimum atomic E-state index is 0.207. The molecule has 0 saturated carbocycles. The molecule has 0 N–H and O–H groups in total. The van der Waals surface area contributed by atoms with Crippen LogP contribution in [-0.2, 0) is 17.8 Å². The number of aromatic nitrogens is 1. The molecule has 1 unspecified atom stereocenters. The average molecular weight is 370 g/mol. The first kappa shape index (κ1) is 17.7. The second-order valence-electron chi connectivity index (χ2n) is 7.65. The van der Waals surface area contributed by atoms with Gasteiger partial charge in [0.05, 0.1) is 5.01 Å². The maximum atomic E-state index is 12.8. The number of rotatable bonds is 5. The minimum absolute atomic E-state index is 0.207. The van der Waals surface area contributed by atoms with Crippen molar-refractivity contribution in [1.82, 2.24) is 14.8 Å². The smallest absolute Gasteiger partial charge is 0.222 e. The Balaban J connectivity index is 1.35. The van der Waals surface area contributed by atoms with Gasteiger partial charge in [-0.3, -0.25) is 9.69 Å². The highest BCUT2D eigenvalue weighted by Gasteiger charge is 2.47. The molecule has 0 radical (unpaired) electrons. The third kappa shape index (κ3) is 3.69. The molecule has 26 heavy (non-hydrogen) atoms. The highest BCUT2D eigenvalue weighted by Crippen LogP contribution is 2.40. The van der Waals surface area contributed by atoms with Gasteiger partial charge in [0.2, 0.25) is 5.91 Å². The monoisotopic (exact) mass is 369 g/mol. The molecule has 1 aromatic heterocycles. The lowest BCUT2D eigenvalue weighted by molar-refractivity contribution is -0.140. The highest BCUT2D eigenvalue weighted by molar-refractivity contribution is 7.11. The minimum Gasteiger partial charge on any atom is -0.341 e. The molecule has 2 saturated heterocycles. The van der Waals surface area contributed by atoms with Crippen LogP contribution in [0.15, 0.2) is 36.5 Å². The molecule has 1 atom stereocenters. The summed E-state index contributed by atoms with van der Waals surface area (Å²) in [6, 6.07) is 10.3. The molecule has 5 heteroatoms. The maximum absolute atomic E-state index is 12.8. The molecular formula is C21H27N3OS. The average Bonchev–Trinajstić information content (AvgIpc) is 3.09. The zero-order chi connectivity index (χ0) is 18.0. The number of hydrogen-bond donors (Lipinski definition) is 0. The van der Waals surface area contributed by atoms with Crippen LogP contribution in [0.2, 0.25) is 0 Å². The molecule has 0 aliphatic carbocycles. The molecule has 3 heterocycles. The lowest BCUT2D eigenvalue weighted by Gasteiger charge is -2.57. The number of hydrogen-bond acceptors (Lipinski definition) is 4. The molecule has 4 rings (SSSR count). The van der Waals surface area contributed by atoms with Gasteiger partial charge in [0.1, 0.15) is 0 Å². The third-order valence-corrected chi connectivity index (χ3v) is 6.81. The zero-order valence-corrected chi connectivity index (χ0v) is 16.3. The molecule has 1 amide bonds. The number of thiazole rings is 1. The summed E-state index contributed by atoms with van der Waals surface area (Å²) in [5.74, 6) is 0.313. The van der Waals surface area contributed by atoms with Gasteiger partial charge in [-0.05, 0) is 38.2 Å². The number of carbonyl (C=O) groups is 1. The number of benzene rings is 1. The molecule has 2 aliphatic rings. The number of amides is 1. The van der Waals surface area contributed by atoms with Gasteiger partial charge in [0.15, 0.2) is 0 Å². The number of carbonyl (C=O) groups excluding carboxylic acids is 1. The van der Waals surface area contributed by atoms with Crippen molar-refractivity contribution < 1.29 is 4.79 Å². The molecule has 2 aliphatic heterocycles. The Morgan fingerprint density at radius 1 is 1.23 bits per heavy atom. The van der Waals surface area contributed by atoms with Gasteiger partial charge in [0.25, 0.3) is 0 Å². The van der Waals surface area contributed by atoms with Crippen molar-refractivity contribution in [2.75, 3.05) is 19.6 Å². The number of likely N-dealkylation sites (tertiary alicyclic amines) is 2. The van der Waals surface area contributed by atoms with Gasteiger partial charge < -0.3 is 4.90 Å². The summed E-state index contributed by atoms with van der Waals surface area (Å²) in [5, 5.41) is 1.14. The SMILES string of the molecule is Cc1ncc(CN2CCC23CCCN(C(=O)CCc2ccccc2)C3)s1. The van der Waals surface area contributed by atoms with E-state index in [1.807, 2.05) is 24.4 Å². The van der Waals surface area contributed by atoms with Crippen molar-refractivity contribution in [1.29, 1.82) is 0 Å². The summed E-state index contributed by atoms with van der Waals surface area (Å²) in [4.78, 5) is 23.2. The largest absolute Gasteiger partial charge is 0.341 e. The van der Waals surface area contributed by atoms with Crippen LogP contribution >= 0.6 is 11.3 Å². The molecule has 4 nitrogen and oxygen atoms in total. The summed E-state index contributed by atoms with van der Waals surface area (Å²) < 4.78 is 0. The van der Waals surface area contributed by atoms with E-state index in [1.165, 1.54) is 23.3 Å². The highest BCUT2D eigenvalue weighted by atomic mass is 32.1. The fraction of sp³-hybridized carbons (Fsp3) is 0.524. The Morgan fingerprint density at radius 3 is 2.77 bits per heavy atom. The summed E-state index contributed by atoms with van der Waals surface area (Å²) in [6.07, 6.45) is 7.02. The van der Waals surface area contributed by atoms with Crippen molar-refractivity contribution in [3.05, 3.63) is 52.0 Å². The van der Waals surface area contributed by atoms with Crippen LogP contribution in [0.3, 0.4) is 0 Å². The van der Waals surface area contributed by atoms with Crippen molar-refractivity contribution in [3.63, 3.8) is 0 Å². The van der Waals surface area contributed by atoms with Crippen LogP contribution in [0.4, 0.5) is 0 Å². The van der Waals surface area contributed by atoms with Gasteiger partial charge >= 0.3 is 0 Å². The van der Waals surface area contributed by atoms with E-state index in [9.17, 15) is 4.79 Å². The van der Waals surface area contributed by atoms with Gasteiger partial charge in [-0.15, -0.1) is 11.3 Å². The van der Waals surface area contributed by atoms with Crippen LogP contribution in [0, 0.1) is 6.92 Å². The Hall–Kier alpha value is -1.72. The molecule has 2 aromatic rings. The van der Waals surface area contributed by atoms with Crippen molar-refractivity contribution in [2.45, 2.75) is 51.1 Å². The predicted molar refractivity (Wildman–Crippen MR) is 105 cm³/mol. The first-order valence-corrected chi connectivity index (χ1v) is 10.4. The third-order valence-electron chi connectivity index (χ3n) is 5.91. The molecular weight excluding hydrogens is 342 g/mol. The Kier molecular flexibility index (Phi) is 5.09. The van der Waals surface area contributed by atoms with Crippen LogP contribution in [-0.4, -0.2) is 45.9 Å². The predicted octanol–water partition coefficient (Wildman–Crippen LogP) is 3.65. The fourth-order valence-corrected chi connectivity index (χ4v) is 5.15. The van der Waals surface area contributed by atoms with Crippen LogP contribution in [0.25, 0.3) is 0 Å². The van der Waals surface area contributed by atoms with E-state index in [2.05, 4.69) is 33.8 Å². The fourth-order valence-electron chi connectivity index (χ4n) is 4.34. The molecule has 1 spiro atoms.